The van der Waals surface area contributed by atoms with Crippen LogP contribution in [0.2, 0.25) is 0 Å². The van der Waals surface area contributed by atoms with Gasteiger partial charge in [-0.2, -0.15) is 0 Å². The minimum Gasteiger partial charge on any atom is -0.375 e. The lowest BCUT2D eigenvalue weighted by atomic mass is 10.1. The molecule has 0 radical (unpaired) electrons. The number of hydrogen-bond acceptors (Lipinski definition) is 4. The summed E-state index contributed by atoms with van der Waals surface area (Å²) < 4.78 is 5.67. The van der Waals surface area contributed by atoms with Gasteiger partial charge >= 0.3 is 0 Å². The van der Waals surface area contributed by atoms with Crippen molar-refractivity contribution >= 4 is 16.9 Å². The molecule has 5 nitrogen and oxygen atoms in total. The zero-order chi connectivity index (χ0) is 17.9. The Morgan fingerprint density at radius 1 is 1.19 bits per heavy atom. The smallest absolute Gasteiger partial charge is 0.254 e. The average molecular weight is 347 g/mol. The van der Waals surface area contributed by atoms with Crippen LogP contribution in [0.15, 0.2) is 54.7 Å². The summed E-state index contributed by atoms with van der Waals surface area (Å²) in [6.07, 6.45) is 2.80. The second kappa shape index (κ2) is 7.22. The average Bonchev–Trinajstić information content (AvgIpc) is 2.73. The third-order valence-corrected chi connectivity index (χ3v) is 4.74. The highest BCUT2D eigenvalue weighted by atomic mass is 16.5. The molecule has 3 aromatic rings. The van der Waals surface area contributed by atoms with Crippen LogP contribution in [0.1, 0.15) is 23.7 Å². The number of para-hydroxylation sites is 2. The largest absolute Gasteiger partial charge is 0.375 e. The first-order chi connectivity index (χ1) is 12.7. The van der Waals surface area contributed by atoms with Gasteiger partial charge < -0.3 is 9.64 Å². The van der Waals surface area contributed by atoms with Crippen LogP contribution in [-0.4, -0.2) is 46.6 Å². The molecule has 2 heterocycles. The number of hydrogen-bond donors (Lipinski definition) is 0. The second-order valence-corrected chi connectivity index (χ2v) is 6.48. The Morgan fingerprint density at radius 2 is 2.04 bits per heavy atom. The number of ether oxygens (including phenoxy) is 1. The molecule has 0 bridgehead atoms. The number of amides is 1. The highest BCUT2D eigenvalue weighted by Crippen LogP contribution is 2.21. The molecule has 0 saturated carbocycles. The minimum absolute atomic E-state index is 0.0438. The molecule has 2 aromatic carbocycles. The van der Waals surface area contributed by atoms with E-state index in [9.17, 15) is 4.79 Å². The molecule has 0 N–H and O–H groups in total. The lowest BCUT2D eigenvalue weighted by Crippen LogP contribution is -2.45. The predicted molar refractivity (Wildman–Crippen MR) is 101 cm³/mol. The van der Waals surface area contributed by atoms with Gasteiger partial charge in [-0.1, -0.05) is 31.2 Å². The minimum atomic E-state index is 0.0438. The molecular formula is C21H21N3O2. The van der Waals surface area contributed by atoms with E-state index in [2.05, 4.69) is 16.9 Å². The SMILES string of the molecule is CC[C@@H]1CN(C(=O)c2cccc(-c3cnc4ccccc4n3)c2)CCO1. The highest BCUT2D eigenvalue weighted by molar-refractivity contribution is 5.95. The standard InChI is InChI=1S/C21H21N3O2/c1-2-17-14-24(10-11-26-17)21(25)16-7-5-6-15(12-16)20-13-22-18-8-3-4-9-19(18)23-20/h3-9,12-13,17H,2,10-11,14H2,1H3/t17-/m1/s1. The molecule has 1 atom stereocenters. The Kier molecular flexibility index (Phi) is 4.63. The number of nitrogens with zero attached hydrogens (tertiary/aromatic N) is 3. The number of morpholine rings is 1. The van der Waals surface area contributed by atoms with Gasteiger partial charge in [-0.15, -0.1) is 0 Å². The summed E-state index contributed by atoms with van der Waals surface area (Å²) in [5, 5.41) is 0. The van der Waals surface area contributed by atoms with E-state index in [1.165, 1.54) is 0 Å². The monoisotopic (exact) mass is 347 g/mol. The van der Waals surface area contributed by atoms with E-state index >= 15 is 0 Å². The summed E-state index contributed by atoms with van der Waals surface area (Å²) in [5.41, 5.74) is 4.05. The van der Waals surface area contributed by atoms with Gasteiger partial charge in [0.2, 0.25) is 0 Å². The number of fused-ring (bicyclic) bond motifs is 1. The van der Waals surface area contributed by atoms with Crippen molar-refractivity contribution in [1.82, 2.24) is 14.9 Å². The van der Waals surface area contributed by atoms with E-state index in [1.807, 2.05) is 53.4 Å². The third kappa shape index (κ3) is 3.30. The first-order valence-electron chi connectivity index (χ1n) is 8.97. The molecule has 1 aliphatic rings. The molecule has 0 unspecified atom stereocenters. The van der Waals surface area contributed by atoms with Gasteiger partial charge in [0.25, 0.3) is 5.91 Å². The van der Waals surface area contributed by atoms with Crippen LogP contribution in [0, 0.1) is 0 Å². The molecule has 1 aromatic heterocycles. The molecule has 26 heavy (non-hydrogen) atoms. The Balaban J connectivity index is 1.62. The van der Waals surface area contributed by atoms with Gasteiger partial charge in [-0.05, 0) is 30.7 Å². The summed E-state index contributed by atoms with van der Waals surface area (Å²) >= 11 is 0. The first kappa shape index (κ1) is 16.7. The fourth-order valence-corrected chi connectivity index (χ4v) is 3.24. The second-order valence-electron chi connectivity index (χ2n) is 6.48. The van der Waals surface area contributed by atoms with Gasteiger partial charge in [-0.3, -0.25) is 9.78 Å². The third-order valence-electron chi connectivity index (χ3n) is 4.74. The first-order valence-corrected chi connectivity index (χ1v) is 8.97. The normalized spacial score (nSPS) is 17.4. The van der Waals surface area contributed by atoms with Crippen molar-refractivity contribution in [2.24, 2.45) is 0 Å². The van der Waals surface area contributed by atoms with E-state index < -0.39 is 0 Å². The lowest BCUT2D eigenvalue weighted by molar-refractivity contribution is -0.0226. The predicted octanol–water partition coefficient (Wildman–Crippen LogP) is 3.55. The van der Waals surface area contributed by atoms with Crippen molar-refractivity contribution in [1.29, 1.82) is 0 Å². The fourth-order valence-electron chi connectivity index (χ4n) is 3.24. The maximum Gasteiger partial charge on any atom is 0.254 e. The van der Waals surface area contributed by atoms with Crippen molar-refractivity contribution in [2.45, 2.75) is 19.4 Å². The van der Waals surface area contributed by atoms with Gasteiger partial charge in [0, 0.05) is 24.2 Å². The molecule has 0 aliphatic carbocycles. The number of carbonyl (C=O) groups is 1. The molecule has 1 amide bonds. The number of aromatic nitrogens is 2. The molecule has 1 fully saturated rings. The number of rotatable bonds is 3. The summed E-state index contributed by atoms with van der Waals surface area (Å²) in [4.78, 5) is 23.9. The van der Waals surface area contributed by atoms with Crippen LogP contribution in [0.5, 0.6) is 0 Å². The topological polar surface area (TPSA) is 55.3 Å². The highest BCUT2D eigenvalue weighted by Gasteiger charge is 2.24. The quantitative estimate of drug-likeness (QED) is 0.727. The van der Waals surface area contributed by atoms with Crippen LogP contribution in [0.3, 0.4) is 0 Å². The van der Waals surface area contributed by atoms with Crippen molar-refractivity contribution < 1.29 is 9.53 Å². The van der Waals surface area contributed by atoms with E-state index in [0.29, 0.717) is 25.3 Å². The Hall–Kier alpha value is -2.79. The molecule has 132 valence electrons. The van der Waals surface area contributed by atoms with Gasteiger partial charge in [0.05, 0.1) is 35.6 Å². The Bertz CT molecular complexity index is 941. The van der Waals surface area contributed by atoms with Crippen molar-refractivity contribution in [3.05, 3.63) is 60.3 Å². The maximum atomic E-state index is 12.9. The summed E-state index contributed by atoms with van der Waals surface area (Å²) in [6.45, 7) is 3.96. The Morgan fingerprint density at radius 3 is 2.88 bits per heavy atom. The maximum absolute atomic E-state index is 12.9. The van der Waals surface area contributed by atoms with Crippen molar-refractivity contribution in [2.75, 3.05) is 19.7 Å². The van der Waals surface area contributed by atoms with Gasteiger partial charge in [0.15, 0.2) is 0 Å². The van der Waals surface area contributed by atoms with E-state index in [-0.39, 0.29) is 12.0 Å². The van der Waals surface area contributed by atoms with Gasteiger partial charge in [0.1, 0.15) is 0 Å². The zero-order valence-electron chi connectivity index (χ0n) is 14.8. The van der Waals surface area contributed by atoms with Crippen LogP contribution >= 0.6 is 0 Å². The fraction of sp³-hybridized carbons (Fsp3) is 0.286. The van der Waals surface area contributed by atoms with Crippen LogP contribution < -0.4 is 0 Å². The molecular weight excluding hydrogens is 326 g/mol. The van der Waals surface area contributed by atoms with Crippen LogP contribution in [0.4, 0.5) is 0 Å². The molecule has 0 spiro atoms. The number of carbonyl (C=O) groups excluding carboxylic acids is 1. The van der Waals surface area contributed by atoms with E-state index in [1.54, 1.807) is 6.20 Å². The van der Waals surface area contributed by atoms with Gasteiger partial charge in [-0.25, -0.2) is 4.98 Å². The summed E-state index contributed by atoms with van der Waals surface area (Å²) in [5.74, 6) is 0.0438. The van der Waals surface area contributed by atoms with E-state index in [4.69, 9.17) is 4.74 Å². The van der Waals surface area contributed by atoms with Crippen LogP contribution in [-0.2, 0) is 4.74 Å². The number of benzene rings is 2. The molecule has 5 heteroatoms. The van der Waals surface area contributed by atoms with Crippen LogP contribution in [0.25, 0.3) is 22.3 Å². The van der Waals surface area contributed by atoms with E-state index in [0.717, 1.165) is 28.7 Å². The van der Waals surface area contributed by atoms with Crippen molar-refractivity contribution in [3.8, 4) is 11.3 Å². The Labute approximate surface area is 152 Å². The lowest BCUT2D eigenvalue weighted by Gasteiger charge is -2.32. The summed E-state index contributed by atoms with van der Waals surface area (Å²) in [6, 6.07) is 15.4. The molecule has 1 saturated heterocycles. The molecule has 1 aliphatic heterocycles. The zero-order valence-corrected chi connectivity index (χ0v) is 14.8. The summed E-state index contributed by atoms with van der Waals surface area (Å²) in [7, 11) is 0. The van der Waals surface area contributed by atoms with Crippen molar-refractivity contribution in [3.63, 3.8) is 0 Å². The molecule has 4 rings (SSSR count).